The molecular formula is C12H26N2O. The number of hydrogen-bond acceptors (Lipinski definition) is 3. The summed E-state index contributed by atoms with van der Waals surface area (Å²) in [5.41, 5.74) is 6.49. The van der Waals surface area contributed by atoms with Gasteiger partial charge in [-0.1, -0.05) is 13.8 Å². The number of likely N-dealkylation sites (tertiary alicyclic amines) is 1. The fraction of sp³-hybridized carbons (Fsp3) is 1.00. The summed E-state index contributed by atoms with van der Waals surface area (Å²) in [6.45, 7) is 9.31. The molecule has 2 heterocycles. The summed E-state index contributed by atoms with van der Waals surface area (Å²) < 4.78 is 5.65. The van der Waals surface area contributed by atoms with E-state index in [2.05, 4.69) is 18.9 Å². The molecule has 2 N–H and O–H groups in total. The van der Waals surface area contributed by atoms with Gasteiger partial charge >= 0.3 is 0 Å². The molecule has 0 aromatic carbocycles. The molecule has 2 saturated heterocycles. The van der Waals surface area contributed by atoms with Crippen LogP contribution in [-0.4, -0.2) is 43.8 Å². The molecule has 0 aromatic heterocycles. The fourth-order valence-electron chi connectivity index (χ4n) is 2.54. The van der Waals surface area contributed by atoms with Gasteiger partial charge in [-0.2, -0.15) is 0 Å². The molecule has 0 aliphatic carbocycles. The average molecular weight is 214 g/mol. The van der Waals surface area contributed by atoms with Crippen molar-refractivity contribution in [1.29, 1.82) is 0 Å². The van der Waals surface area contributed by atoms with Gasteiger partial charge in [-0.05, 0) is 39.9 Å². The number of ether oxygens (including phenoxy) is 1. The Morgan fingerprint density at radius 1 is 1.27 bits per heavy atom. The molecule has 0 radical (unpaired) electrons. The van der Waals surface area contributed by atoms with E-state index in [4.69, 9.17) is 10.5 Å². The van der Waals surface area contributed by atoms with Gasteiger partial charge < -0.3 is 15.4 Å². The SMILES string of the molecule is CC.C[C@@H]1OCC2(CCN(C)CC2)[C@@H]1N. The molecule has 1 spiro atoms. The van der Waals surface area contributed by atoms with Gasteiger partial charge in [0.05, 0.1) is 12.7 Å². The lowest BCUT2D eigenvalue weighted by Gasteiger charge is -2.39. The van der Waals surface area contributed by atoms with E-state index in [-0.39, 0.29) is 12.1 Å². The monoisotopic (exact) mass is 214 g/mol. The Hall–Kier alpha value is -0.120. The van der Waals surface area contributed by atoms with Crippen LogP contribution in [0.25, 0.3) is 0 Å². The summed E-state index contributed by atoms with van der Waals surface area (Å²) in [5, 5.41) is 0. The Kier molecular flexibility index (Phi) is 4.56. The molecule has 2 atom stereocenters. The molecule has 0 unspecified atom stereocenters. The van der Waals surface area contributed by atoms with Gasteiger partial charge in [-0.25, -0.2) is 0 Å². The fourth-order valence-corrected chi connectivity index (χ4v) is 2.54. The van der Waals surface area contributed by atoms with Crippen LogP contribution in [0.1, 0.15) is 33.6 Å². The molecule has 2 aliphatic rings. The second kappa shape index (κ2) is 5.28. The van der Waals surface area contributed by atoms with Crippen LogP contribution >= 0.6 is 0 Å². The minimum atomic E-state index is 0.251. The standard InChI is InChI=1S/C10H20N2O.C2H6/c1-8-9(11)10(7-13-8)3-5-12(2)6-4-10;1-2/h8-9H,3-7,11H2,1-2H3;1-2H3/t8-,9+;/m0./s1. The topological polar surface area (TPSA) is 38.5 Å². The smallest absolute Gasteiger partial charge is 0.0704 e. The highest BCUT2D eigenvalue weighted by Gasteiger charge is 2.46. The third-order valence-electron chi connectivity index (χ3n) is 3.83. The maximum atomic E-state index is 6.19. The van der Waals surface area contributed by atoms with Crippen molar-refractivity contribution in [3.05, 3.63) is 0 Å². The van der Waals surface area contributed by atoms with E-state index in [1.54, 1.807) is 0 Å². The number of rotatable bonds is 0. The molecule has 0 aromatic rings. The van der Waals surface area contributed by atoms with Crippen LogP contribution < -0.4 is 5.73 Å². The second-order valence-corrected chi connectivity index (χ2v) is 4.71. The average Bonchev–Trinajstić information content (AvgIpc) is 2.55. The van der Waals surface area contributed by atoms with E-state index < -0.39 is 0 Å². The van der Waals surface area contributed by atoms with Crippen molar-refractivity contribution in [2.75, 3.05) is 26.7 Å². The van der Waals surface area contributed by atoms with Crippen molar-refractivity contribution < 1.29 is 4.74 Å². The first-order valence-electron chi connectivity index (χ1n) is 6.20. The molecule has 2 rings (SSSR count). The van der Waals surface area contributed by atoms with E-state index in [0.717, 1.165) is 6.61 Å². The van der Waals surface area contributed by atoms with Crippen LogP contribution in [0, 0.1) is 5.41 Å². The summed E-state index contributed by atoms with van der Waals surface area (Å²) >= 11 is 0. The Morgan fingerprint density at radius 2 is 1.80 bits per heavy atom. The van der Waals surface area contributed by atoms with Crippen LogP contribution in [0.3, 0.4) is 0 Å². The molecule has 2 aliphatic heterocycles. The summed E-state index contributed by atoms with van der Waals surface area (Å²) in [7, 11) is 2.18. The zero-order valence-corrected chi connectivity index (χ0v) is 10.6. The maximum Gasteiger partial charge on any atom is 0.0704 e. The molecular weight excluding hydrogens is 188 g/mol. The van der Waals surface area contributed by atoms with Crippen LogP contribution in [0.15, 0.2) is 0 Å². The summed E-state index contributed by atoms with van der Waals surface area (Å²) in [6.07, 6.45) is 2.66. The van der Waals surface area contributed by atoms with Crippen molar-refractivity contribution in [2.45, 2.75) is 45.8 Å². The Bertz CT molecular complexity index is 188. The van der Waals surface area contributed by atoms with Crippen molar-refractivity contribution >= 4 is 0 Å². The maximum absolute atomic E-state index is 6.19. The quantitative estimate of drug-likeness (QED) is 0.663. The van der Waals surface area contributed by atoms with E-state index in [9.17, 15) is 0 Å². The van der Waals surface area contributed by atoms with Gasteiger partial charge in [-0.15, -0.1) is 0 Å². The summed E-state index contributed by atoms with van der Waals surface area (Å²) in [6, 6.07) is 0.251. The van der Waals surface area contributed by atoms with Gasteiger partial charge in [0.15, 0.2) is 0 Å². The van der Waals surface area contributed by atoms with Crippen molar-refractivity contribution in [1.82, 2.24) is 4.90 Å². The number of nitrogens with two attached hydrogens (primary N) is 1. The van der Waals surface area contributed by atoms with Crippen LogP contribution in [0.4, 0.5) is 0 Å². The molecule has 3 heteroatoms. The lowest BCUT2D eigenvalue weighted by atomic mass is 9.73. The third kappa shape index (κ3) is 2.52. The zero-order valence-electron chi connectivity index (χ0n) is 10.6. The first kappa shape index (κ1) is 12.9. The molecule has 90 valence electrons. The van der Waals surface area contributed by atoms with E-state index in [1.807, 2.05) is 13.8 Å². The summed E-state index contributed by atoms with van der Waals surface area (Å²) in [4.78, 5) is 2.38. The van der Waals surface area contributed by atoms with E-state index >= 15 is 0 Å². The van der Waals surface area contributed by atoms with E-state index in [1.165, 1.54) is 25.9 Å². The lowest BCUT2D eigenvalue weighted by molar-refractivity contribution is 0.0756. The third-order valence-corrected chi connectivity index (χ3v) is 3.83. The Balaban J connectivity index is 0.000000531. The Morgan fingerprint density at radius 3 is 2.20 bits per heavy atom. The molecule has 2 fully saturated rings. The van der Waals surface area contributed by atoms with Crippen molar-refractivity contribution in [2.24, 2.45) is 11.1 Å². The predicted octanol–water partition coefficient (Wildman–Crippen LogP) is 1.47. The largest absolute Gasteiger partial charge is 0.376 e. The van der Waals surface area contributed by atoms with E-state index in [0.29, 0.717) is 5.41 Å². The van der Waals surface area contributed by atoms with Gasteiger partial charge in [0.1, 0.15) is 0 Å². The van der Waals surface area contributed by atoms with Crippen LogP contribution in [-0.2, 0) is 4.74 Å². The van der Waals surface area contributed by atoms with Gasteiger partial charge in [0, 0.05) is 11.5 Å². The highest BCUT2D eigenvalue weighted by Crippen LogP contribution is 2.40. The number of piperidine rings is 1. The number of nitrogens with zero attached hydrogens (tertiary/aromatic N) is 1. The minimum Gasteiger partial charge on any atom is -0.376 e. The molecule has 15 heavy (non-hydrogen) atoms. The van der Waals surface area contributed by atoms with Crippen LogP contribution in [0.5, 0.6) is 0 Å². The first-order chi connectivity index (χ1) is 7.14. The highest BCUT2D eigenvalue weighted by molar-refractivity contribution is 4.99. The molecule has 0 saturated carbocycles. The lowest BCUT2D eigenvalue weighted by Crippen LogP contribution is -2.49. The first-order valence-corrected chi connectivity index (χ1v) is 6.20. The van der Waals surface area contributed by atoms with Gasteiger partial charge in [0.25, 0.3) is 0 Å². The molecule has 0 amide bonds. The molecule has 0 bridgehead atoms. The van der Waals surface area contributed by atoms with Gasteiger partial charge in [-0.3, -0.25) is 0 Å². The minimum absolute atomic E-state index is 0.251. The Labute approximate surface area is 94.0 Å². The van der Waals surface area contributed by atoms with Crippen molar-refractivity contribution in [3.63, 3.8) is 0 Å². The van der Waals surface area contributed by atoms with Crippen LogP contribution in [0.2, 0.25) is 0 Å². The highest BCUT2D eigenvalue weighted by atomic mass is 16.5. The zero-order chi connectivity index (χ0) is 11.5. The number of hydrogen-bond donors (Lipinski definition) is 1. The molecule has 3 nitrogen and oxygen atoms in total. The summed E-state index contributed by atoms with van der Waals surface area (Å²) in [5.74, 6) is 0. The predicted molar refractivity (Wildman–Crippen MR) is 63.9 cm³/mol. The normalized spacial score (nSPS) is 35.0. The second-order valence-electron chi connectivity index (χ2n) is 4.71. The van der Waals surface area contributed by atoms with Crippen molar-refractivity contribution in [3.8, 4) is 0 Å². The van der Waals surface area contributed by atoms with Gasteiger partial charge in [0.2, 0.25) is 0 Å².